The standard InChI is InChI=1S/C64H43NO/c1-6-20-44(21-7-1)61-40-45-34-35-52(43-62(45)66-61)65(50-37-39-59-56(41-50)54-31-17-19-33-58(54)63(59,46-22-8-2-9-23-46)47-24-10-3-11-25-47)51-36-38-55-53-30-16-18-32-57(53)64(60(55)42-51,48-26-12-4-13-27-48)49-28-14-5-15-29-49/h1-43H/i1D,6D,7D,20D,21D. The van der Waals surface area contributed by atoms with Gasteiger partial charge >= 0.3 is 0 Å². The topological polar surface area (TPSA) is 16.4 Å². The maximum Gasteiger partial charge on any atom is 0.136 e. The number of hydrogen-bond donors (Lipinski definition) is 0. The molecule has 11 aromatic rings. The fourth-order valence-electron chi connectivity index (χ4n) is 11.3. The van der Waals surface area contributed by atoms with Crippen LogP contribution < -0.4 is 4.90 Å². The average molecular weight is 847 g/mol. The number of anilines is 3. The number of fused-ring (bicyclic) bond motifs is 7. The van der Waals surface area contributed by atoms with Crippen molar-refractivity contribution in [1.82, 2.24) is 0 Å². The summed E-state index contributed by atoms with van der Waals surface area (Å²) >= 11 is 0. The lowest BCUT2D eigenvalue weighted by Gasteiger charge is -2.35. The Balaban J connectivity index is 1.07. The van der Waals surface area contributed by atoms with Gasteiger partial charge in [-0.3, -0.25) is 0 Å². The minimum atomic E-state index is -0.637. The van der Waals surface area contributed by atoms with E-state index in [9.17, 15) is 0 Å². The van der Waals surface area contributed by atoms with Crippen LogP contribution in [0.2, 0.25) is 0 Å². The second kappa shape index (κ2) is 15.1. The number of hydrogen-bond acceptors (Lipinski definition) is 2. The van der Waals surface area contributed by atoms with Gasteiger partial charge in [0.25, 0.3) is 0 Å². The molecule has 0 atom stereocenters. The molecule has 0 amide bonds. The van der Waals surface area contributed by atoms with Crippen molar-refractivity contribution in [1.29, 1.82) is 0 Å². The molecule has 0 radical (unpaired) electrons. The minimum Gasteiger partial charge on any atom is -0.456 e. The van der Waals surface area contributed by atoms with Gasteiger partial charge in [-0.15, -0.1) is 0 Å². The molecule has 0 spiro atoms. The Bertz CT molecular complexity index is 3780. The molecule has 2 heteroatoms. The molecule has 0 unspecified atom stereocenters. The fourth-order valence-corrected chi connectivity index (χ4v) is 11.3. The van der Waals surface area contributed by atoms with Crippen LogP contribution in [-0.4, -0.2) is 0 Å². The highest BCUT2D eigenvalue weighted by molar-refractivity contribution is 5.94. The Morgan fingerprint density at radius 2 is 0.788 bits per heavy atom. The molecule has 1 heterocycles. The zero-order valence-electron chi connectivity index (χ0n) is 40.8. The van der Waals surface area contributed by atoms with Crippen molar-refractivity contribution in [2.45, 2.75) is 10.8 Å². The zero-order chi connectivity index (χ0) is 48.0. The lowest BCUT2D eigenvalue weighted by atomic mass is 9.67. The Labute approximate surface area is 392 Å². The van der Waals surface area contributed by atoms with Crippen molar-refractivity contribution in [2.75, 3.05) is 4.90 Å². The monoisotopic (exact) mass is 846 g/mol. The van der Waals surface area contributed by atoms with Gasteiger partial charge < -0.3 is 9.32 Å². The van der Waals surface area contributed by atoms with Crippen LogP contribution >= 0.6 is 0 Å². The first kappa shape index (κ1) is 33.1. The van der Waals surface area contributed by atoms with Crippen LogP contribution in [0.15, 0.2) is 265 Å². The molecule has 0 aliphatic heterocycles. The molecule has 10 aromatic carbocycles. The van der Waals surface area contributed by atoms with E-state index in [0.29, 0.717) is 5.58 Å². The molecule has 13 rings (SSSR count). The maximum absolute atomic E-state index is 8.76. The summed E-state index contributed by atoms with van der Waals surface area (Å²) in [5, 5.41) is 0.741. The van der Waals surface area contributed by atoms with Crippen LogP contribution in [-0.2, 0) is 10.8 Å². The third-order valence-corrected chi connectivity index (χ3v) is 13.9. The second-order valence-electron chi connectivity index (χ2n) is 17.2. The van der Waals surface area contributed by atoms with Crippen molar-refractivity contribution >= 4 is 28.0 Å². The summed E-state index contributed by atoms with van der Waals surface area (Å²) in [6.07, 6.45) is 0. The fraction of sp³-hybridized carbons (Fsp3) is 0.0312. The molecule has 0 saturated carbocycles. The van der Waals surface area contributed by atoms with E-state index in [1.54, 1.807) is 6.07 Å². The summed E-state index contributed by atoms with van der Waals surface area (Å²) in [6.45, 7) is 0. The van der Waals surface area contributed by atoms with Gasteiger partial charge in [0, 0.05) is 34.1 Å². The molecule has 0 N–H and O–H groups in total. The number of furan rings is 1. The van der Waals surface area contributed by atoms with Crippen LogP contribution in [0.5, 0.6) is 0 Å². The van der Waals surface area contributed by atoms with E-state index in [2.05, 4.69) is 217 Å². The van der Waals surface area contributed by atoms with E-state index >= 15 is 0 Å². The Hall–Kier alpha value is -8.46. The highest BCUT2D eigenvalue weighted by Crippen LogP contribution is 2.59. The molecular weight excluding hydrogens is 799 g/mol. The smallest absolute Gasteiger partial charge is 0.136 e. The lowest BCUT2D eigenvalue weighted by molar-refractivity contribution is 0.631. The van der Waals surface area contributed by atoms with E-state index in [4.69, 9.17) is 11.3 Å². The molecular formula is C64H43NO. The van der Waals surface area contributed by atoms with Gasteiger partial charge in [0.15, 0.2) is 0 Å². The maximum atomic E-state index is 8.76. The van der Waals surface area contributed by atoms with Crippen LogP contribution in [0.4, 0.5) is 17.1 Å². The minimum absolute atomic E-state index is 0.0274. The molecule has 310 valence electrons. The third kappa shape index (κ3) is 5.55. The first-order valence-electron chi connectivity index (χ1n) is 24.9. The van der Waals surface area contributed by atoms with Gasteiger partial charge in [0.05, 0.1) is 17.7 Å². The van der Waals surface area contributed by atoms with E-state index in [1.807, 2.05) is 12.1 Å². The quantitative estimate of drug-likeness (QED) is 0.151. The molecule has 2 aliphatic rings. The summed E-state index contributed by atoms with van der Waals surface area (Å²) < 4.78 is 49.1. The van der Waals surface area contributed by atoms with E-state index in [0.717, 1.165) is 28.0 Å². The zero-order valence-corrected chi connectivity index (χ0v) is 35.8. The SMILES string of the molecule is [2H]c1c([2H])c([2H])c(-c2cc3ccc(N(c4ccc5c(c4)-c4ccccc4C5(c4ccccc4)c4ccccc4)c4ccc5c(c4)C(c4ccccc4)(c4ccccc4)c4ccccc4-5)cc3o2)c([2H])c1[2H]. The highest BCUT2D eigenvalue weighted by Gasteiger charge is 2.48. The molecule has 0 saturated heterocycles. The molecule has 1 aromatic heterocycles. The van der Waals surface area contributed by atoms with E-state index < -0.39 is 29.0 Å². The van der Waals surface area contributed by atoms with Crippen LogP contribution in [0, 0.1) is 0 Å². The van der Waals surface area contributed by atoms with E-state index in [1.165, 1.54) is 61.2 Å². The largest absolute Gasteiger partial charge is 0.456 e. The highest BCUT2D eigenvalue weighted by atomic mass is 16.3. The number of benzene rings is 10. The molecule has 2 nitrogen and oxygen atoms in total. The summed E-state index contributed by atoms with van der Waals surface area (Å²) in [7, 11) is 0. The van der Waals surface area contributed by atoms with Gasteiger partial charge in [-0.05, 0) is 109 Å². The molecule has 2 aliphatic carbocycles. The first-order valence-corrected chi connectivity index (χ1v) is 22.4. The normalized spacial score (nSPS) is 14.8. The molecule has 0 bridgehead atoms. The van der Waals surface area contributed by atoms with Crippen molar-refractivity contribution in [3.05, 3.63) is 305 Å². The number of nitrogens with zero attached hydrogens (tertiary/aromatic N) is 1. The van der Waals surface area contributed by atoms with Crippen LogP contribution in [0.1, 0.15) is 51.4 Å². The van der Waals surface area contributed by atoms with Crippen molar-refractivity contribution in [3.8, 4) is 33.6 Å². The van der Waals surface area contributed by atoms with Crippen LogP contribution in [0.3, 0.4) is 0 Å². The number of rotatable bonds is 8. The van der Waals surface area contributed by atoms with Gasteiger partial charge in [0.1, 0.15) is 11.3 Å². The summed E-state index contributed by atoms with van der Waals surface area (Å²) in [5.74, 6) is 0.207. The van der Waals surface area contributed by atoms with Crippen LogP contribution in [0.25, 0.3) is 44.5 Å². The summed E-state index contributed by atoms with van der Waals surface area (Å²) in [4.78, 5) is 2.30. The Morgan fingerprint density at radius 1 is 0.348 bits per heavy atom. The lowest BCUT2D eigenvalue weighted by Crippen LogP contribution is -2.28. The van der Waals surface area contributed by atoms with Gasteiger partial charge in [0.2, 0.25) is 0 Å². The summed E-state index contributed by atoms with van der Waals surface area (Å²) in [5.41, 5.74) is 16.2. The van der Waals surface area contributed by atoms with E-state index in [-0.39, 0.29) is 23.4 Å². The van der Waals surface area contributed by atoms with Crippen molar-refractivity contribution in [3.63, 3.8) is 0 Å². The van der Waals surface area contributed by atoms with Gasteiger partial charge in [-0.2, -0.15) is 0 Å². The molecule has 66 heavy (non-hydrogen) atoms. The predicted octanol–water partition coefficient (Wildman–Crippen LogP) is 16.3. The van der Waals surface area contributed by atoms with Gasteiger partial charge in [-0.25, -0.2) is 0 Å². The third-order valence-electron chi connectivity index (χ3n) is 13.9. The van der Waals surface area contributed by atoms with Crippen molar-refractivity contribution < 1.29 is 11.3 Å². The first-order chi connectivity index (χ1) is 34.8. The molecule has 0 fully saturated rings. The van der Waals surface area contributed by atoms with Crippen molar-refractivity contribution in [2.24, 2.45) is 0 Å². The predicted molar refractivity (Wildman–Crippen MR) is 271 cm³/mol. The Kier molecular flexibility index (Phi) is 7.56. The average Bonchev–Trinajstić information content (AvgIpc) is 4.08. The summed E-state index contributed by atoms with van der Waals surface area (Å²) in [6, 6.07) is 80.5. The Morgan fingerprint density at radius 3 is 1.38 bits per heavy atom. The van der Waals surface area contributed by atoms with Gasteiger partial charge in [-0.1, -0.05) is 212 Å². The second-order valence-corrected chi connectivity index (χ2v) is 17.2.